The summed E-state index contributed by atoms with van der Waals surface area (Å²) in [6.45, 7) is 4.14. The minimum atomic E-state index is -0.0893. The third-order valence-electron chi connectivity index (χ3n) is 4.58. The van der Waals surface area contributed by atoms with E-state index < -0.39 is 0 Å². The van der Waals surface area contributed by atoms with Crippen LogP contribution in [-0.4, -0.2) is 24.0 Å². The highest BCUT2D eigenvalue weighted by molar-refractivity contribution is 7.22. The van der Waals surface area contributed by atoms with Crippen molar-refractivity contribution in [2.75, 3.05) is 23.3 Å². The van der Waals surface area contributed by atoms with Gasteiger partial charge < -0.3 is 10.2 Å². The van der Waals surface area contributed by atoms with Gasteiger partial charge in [-0.05, 0) is 61.9 Å². The maximum atomic E-state index is 12.7. The van der Waals surface area contributed by atoms with Gasteiger partial charge in [-0.3, -0.25) is 4.79 Å². The molecule has 1 fully saturated rings. The first kappa shape index (κ1) is 17.2. The van der Waals surface area contributed by atoms with Crippen LogP contribution in [0.4, 0.5) is 11.4 Å². The van der Waals surface area contributed by atoms with Crippen molar-refractivity contribution in [2.24, 2.45) is 0 Å². The van der Waals surface area contributed by atoms with E-state index in [2.05, 4.69) is 27.3 Å². The Morgan fingerprint density at radius 2 is 1.88 bits per heavy atom. The topological polar surface area (TPSA) is 45.2 Å². The molecule has 2 aromatic heterocycles. The molecule has 1 N–H and O–H groups in total. The zero-order valence-electron chi connectivity index (χ0n) is 14.7. The summed E-state index contributed by atoms with van der Waals surface area (Å²) in [5.74, 6) is -0.0893. The van der Waals surface area contributed by atoms with E-state index in [0.29, 0.717) is 4.88 Å². The Hall–Kier alpha value is -2.18. The summed E-state index contributed by atoms with van der Waals surface area (Å²) >= 11 is 3.09. The number of nitrogens with one attached hydrogen (secondary N) is 1. The number of benzene rings is 1. The van der Waals surface area contributed by atoms with Gasteiger partial charge in [0.25, 0.3) is 5.91 Å². The molecule has 1 aliphatic rings. The summed E-state index contributed by atoms with van der Waals surface area (Å²) in [5.41, 5.74) is 2.83. The van der Waals surface area contributed by atoms with Gasteiger partial charge in [-0.1, -0.05) is 6.07 Å². The number of rotatable bonds is 4. The van der Waals surface area contributed by atoms with Crippen LogP contribution in [0.25, 0.3) is 9.88 Å². The number of nitrogens with zero attached hydrogens (tertiary/aromatic N) is 2. The number of aryl methyl sites for hydroxylation is 1. The van der Waals surface area contributed by atoms with Crippen molar-refractivity contribution in [2.45, 2.75) is 26.2 Å². The van der Waals surface area contributed by atoms with E-state index in [1.807, 2.05) is 36.6 Å². The first-order chi connectivity index (χ1) is 12.7. The van der Waals surface area contributed by atoms with Crippen LogP contribution in [0.2, 0.25) is 0 Å². The molecule has 0 aliphatic carbocycles. The van der Waals surface area contributed by atoms with Gasteiger partial charge in [-0.2, -0.15) is 0 Å². The van der Waals surface area contributed by atoms with Gasteiger partial charge in [-0.25, -0.2) is 4.98 Å². The summed E-state index contributed by atoms with van der Waals surface area (Å²) in [5, 5.41) is 5.93. The Morgan fingerprint density at radius 1 is 1.12 bits per heavy atom. The summed E-state index contributed by atoms with van der Waals surface area (Å²) in [6.07, 6.45) is 3.84. The molecule has 6 heteroatoms. The van der Waals surface area contributed by atoms with Gasteiger partial charge in [-0.15, -0.1) is 22.7 Å². The van der Waals surface area contributed by atoms with Crippen LogP contribution in [0, 0.1) is 6.92 Å². The van der Waals surface area contributed by atoms with Crippen molar-refractivity contribution < 1.29 is 4.79 Å². The molecular formula is C20H21N3OS2. The largest absolute Gasteiger partial charge is 0.372 e. The maximum Gasteiger partial charge on any atom is 0.267 e. The number of piperidine rings is 1. The predicted molar refractivity (Wildman–Crippen MR) is 111 cm³/mol. The Labute approximate surface area is 161 Å². The highest BCUT2D eigenvalue weighted by atomic mass is 32.1. The normalized spacial score (nSPS) is 14.4. The van der Waals surface area contributed by atoms with E-state index in [-0.39, 0.29) is 5.91 Å². The number of anilines is 2. The van der Waals surface area contributed by atoms with Crippen molar-refractivity contribution in [3.8, 4) is 9.88 Å². The Balaban J connectivity index is 1.46. The highest BCUT2D eigenvalue weighted by Crippen LogP contribution is 2.31. The first-order valence-electron chi connectivity index (χ1n) is 8.88. The van der Waals surface area contributed by atoms with E-state index in [1.54, 1.807) is 11.3 Å². The fourth-order valence-corrected chi connectivity index (χ4v) is 4.97. The second-order valence-electron chi connectivity index (χ2n) is 6.46. The van der Waals surface area contributed by atoms with Crippen molar-refractivity contribution in [3.05, 3.63) is 52.3 Å². The van der Waals surface area contributed by atoms with Crippen molar-refractivity contribution in [1.82, 2.24) is 4.98 Å². The zero-order valence-corrected chi connectivity index (χ0v) is 16.3. The Bertz CT molecular complexity index is 878. The molecule has 0 atom stereocenters. The number of thiophene rings is 1. The lowest BCUT2D eigenvalue weighted by atomic mass is 10.1. The number of carbonyl (C=O) groups is 1. The molecule has 3 aromatic rings. The smallest absolute Gasteiger partial charge is 0.267 e. The standard InChI is InChI=1S/C20H21N3OS2/c1-14-18(26-20(21-14)17-6-5-13-25-17)19(24)22-15-7-9-16(10-8-15)23-11-3-2-4-12-23/h5-10,13H,2-4,11-12H2,1H3,(H,22,24). The number of thiazole rings is 1. The SMILES string of the molecule is Cc1nc(-c2cccs2)sc1C(=O)Nc1ccc(N2CCCCC2)cc1. The lowest BCUT2D eigenvalue weighted by Crippen LogP contribution is -2.29. The molecule has 0 radical (unpaired) electrons. The maximum absolute atomic E-state index is 12.7. The van der Waals surface area contributed by atoms with Crippen molar-refractivity contribution in [1.29, 1.82) is 0 Å². The minimum Gasteiger partial charge on any atom is -0.372 e. The molecule has 1 aliphatic heterocycles. The van der Waals surface area contributed by atoms with Gasteiger partial charge >= 0.3 is 0 Å². The molecule has 0 spiro atoms. The van der Waals surface area contributed by atoms with Crippen LogP contribution in [0.3, 0.4) is 0 Å². The average Bonchev–Trinajstić information content (AvgIpc) is 3.32. The van der Waals surface area contributed by atoms with Crippen LogP contribution in [0.1, 0.15) is 34.6 Å². The summed E-state index contributed by atoms with van der Waals surface area (Å²) in [6, 6.07) is 12.2. The van der Waals surface area contributed by atoms with Crippen molar-refractivity contribution >= 4 is 40.0 Å². The van der Waals surface area contributed by atoms with E-state index in [9.17, 15) is 4.79 Å². The molecule has 0 unspecified atom stereocenters. The third kappa shape index (κ3) is 3.66. The number of hydrogen-bond donors (Lipinski definition) is 1. The molecule has 0 bridgehead atoms. The fraction of sp³-hybridized carbons (Fsp3) is 0.300. The fourth-order valence-electron chi connectivity index (χ4n) is 3.21. The zero-order chi connectivity index (χ0) is 17.9. The number of aromatic nitrogens is 1. The predicted octanol–water partition coefficient (Wildman–Crippen LogP) is 5.42. The second kappa shape index (κ2) is 7.60. The van der Waals surface area contributed by atoms with E-state index in [1.165, 1.54) is 36.3 Å². The highest BCUT2D eigenvalue weighted by Gasteiger charge is 2.17. The van der Waals surface area contributed by atoms with E-state index >= 15 is 0 Å². The molecular weight excluding hydrogens is 362 g/mol. The molecule has 1 amide bonds. The molecule has 1 saturated heterocycles. The molecule has 134 valence electrons. The number of hydrogen-bond acceptors (Lipinski definition) is 5. The van der Waals surface area contributed by atoms with Crippen LogP contribution < -0.4 is 10.2 Å². The van der Waals surface area contributed by atoms with Gasteiger partial charge in [0.05, 0.1) is 10.6 Å². The second-order valence-corrected chi connectivity index (χ2v) is 8.41. The van der Waals surface area contributed by atoms with Gasteiger partial charge in [0, 0.05) is 24.5 Å². The van der Waals surface area contributed by atoms with Crippen LogP contribution in [-0.2, 0) is 0 Å². The molecule has 3 heterocycles. The van der Waals surface area contributed by atoms with Gasteiger partial charge in [0.2, 0.25) is 0 Å². The molecule has 26 heavy (non-hydrogen) atoms. The molecule has 4 nitrogen and oxygen atoms in total. The van der Waals surface area contributed by atoms with E-state index in [0.717, 1.165) is 34.4 Å². The molecule has 0 saturated carbocycles. The van der Waals surface area contributed by atoms with Crippen LogP contribution >= 0.6 is 22.7 Å². The first-order valence-corrected chi connectivity index (χ1v) is 10.6. The monoisotopic (exact) mass is 383 g/mol. The average molecular weight is 384 g/mol. The number of amides is 1. The molecule has 1 aromatic carbocycles. The number of carbonyl (C=O) groups excluding carboxylic acids is 1. The Morgan fingerprint density at radius 3 is 2.58 bits per heavy atom. The van der Waals surface area contributed by atoms with Gasteiger partial charge in [0.1, 0.15) is 9.88 Å². The third-order valence-corrected chi connectivity index (χ3v) is 6.78. The summed E-state index contributed by atoms with van der Waals surface area (Å²) < 4.78 is 0. The molecule has 4 rings (SSSR count). The summed E-state index contributed by atoms with van der Waals surface area (Å²) in [4.78, 5) is 21.4. The Kier molecular flexibility index (Phi) is 5.04. The van der Waals surface area contributed by atoms with E-state index in [4.69, 9.17) is 0 Å². The lowest BCUT2D eigenvalue weighted by Gasteiger charge is -2.28. The summed E-state index contributed by atoms with van der Waals surface area (Å²) in [7, 11) is 0. The van der Waals surface area contributed by atoms with Crippen LogP contribution in [0.15, 0.2) is 41.8 Å². The minimum absolute atomic E-state index is 0.0893. The lowest BCUT2D eigenvalue weighted by molar-refractivity contribution is 0.103. The quantitative estimate of drug-likeness (QED) is 0.654. The van der Waals surface area contributed by atoms with Crippen LogP contribution in [0.5, 0.6) is 0 Å². The van der Waals surface area contributed by atoms with Crippen molar-refractivity contribution in [3.63, 3.8) is 0 Å². The van der Waals surface area contributed by atoms with Gasteiger partial charge in [0.15, 0.2) is 0 Å².